The molecule has 0 fully saturated rings. The summed E-state index contributed by atoms with van der Waals surface area (Å²) < 4.78 is 7.67. The first kappa shape index (κ1) is 17.2. The van der Waals surface area contributed by atoms with Crippen molar-refractivity contribution in [3.05, 3.63) is 52.3 Å². The van der Waals surface area contributed by atoms with Crippen LogP contribution in [0.15, 0.2) is 41.6 Å². The third-order valence-electron chi connectivity index (χ3n) is 5.16. The summed E-state index contributed by atoms with van der Waals surface area (Å²) in [6.45, 7) is 1.44. The number of aromatic amines is 2. The van der Waals surface area contributed by atoms with Gasteiger partial charge in [-0.1, -0.05) is 11.6 Å². The summed E-state index contributed by atoms with van der Waals surface area (Å²) in [5.74, 6) is 1.12. The molecule has 1 aliphatic heterocycles. The number of nitrogens with one attached hydrogen (secondary N) is 2. The molecule has 0 bridgehead atoms. The third kappa shape index (κ3) is 2.59. The summed E-state index contributed by atoms with van der Waals surface area (Å²) in [7, 11) is 0. The van der Waals surface area contributed by atoms with E-state index in [0.717, 1.165) is 23.9 Å². The van der Waals surface area contributed by atoms with Gasteiger partial charge in [-0.2, -0.15) is 5.10 Å². The molecular weight excluding hydrogens is 406 g/mol. The summed E-state index contributed by atoms with van der Waals surface area (Å²) in [4.78, 5) is 32.0. The maximum atomic E-state index is 12.8. The lowest BCUT2D eigenvalue weighted by Gasteiger charge is -2.16. The Morgan fingerprint density at radius 3 is 2.97 bits per heavy atom. The highest BCUT2D eigenvalue weighted by Crippen LogP contribution is 2.35. The topological polar surface area (TPSA) is 114 Å². The first-order chi connectivity index (χ1) is 14.7. The normalized spacial score (nSPS) is 13.5. The monoisotopic (exact) mass is 419 g/mol. The molecule has 0 aliphatic carbocycles. The van der Waals surface area contributed by atoms with Crippen molar-refractivity contribution < 1.29 is 4.74 Å². The molecule has 1 aliphatic rings. The van der Waals surface area contributed by atoms with E-state index in [9.17, 15) is 4.79 Å². The number of halogens is 1. The molecule has 0 spiro atoms. The van der Waals surface area contributed by atoms with Crippen molar-refractivity contribution in [2.45, 2.75) is 13.0 Å². The first-order valence-electron chi connectivity index (χ1n) is 9.40. The summed E-state index contributed by atoms with van der Waals surface area (Å²) in [5.41, 5.74) is 3.62. The molecule has 0 atom stereocenters. The summed E-state index contributed by atoms with van der Waals surface area (Å²) in [6.07, 6.45) is 5.92. The molecule has 5 aromatic rings. The maximum absolute atomic E-state index is 12.8. The quantitative estimate of drug-likeness (QED) is 0.425. The lowest BCUT2D eigenvalue weighted by molar-refractivity contribution is 0.231. The van der Waals surface area contributed by atoms with Gasteiger partial charge in [0.25, 0.3) is 5.56 Å². The van der Waals surface area contributed by atoms with Crippen LogP contribution < -0.4 is 10.3 Å². The highest BCUT2D eigenvalue weighted by Gasteiger charge is 2.21. The largest absolute Gasteiger partial charge is 0.477 e. The number of hydrogen-bond acceptors (Lipinski definition) is 6. The lowest BCUT2D eigenvalue weighted by Crippen LogP contribution is -2.15. The second-order valence-corrected chi connectivity index (χ2v) is 7.42. The SMILES string of the molecule is O=c1[nH]c2ccnc(-c3cnn4c3OCCC4)c2cc1-c1nc2cc(Cl)ncc2[nH]1. The molecule has 0 radical (unpaired) electrons. The summed E-state index contributed by atoms with van der Waals surface area (Å²) in [6, 6.07) is 5.20. The number of aromatic nitrogens is 7. The average molecular weight is 420 g/mol. The van der Waals surface area contributed by atoms with Gasteiger partial charge in [0.2, 0.25) is 5.88 Å². The van der Waals surface area contributed by atoms with E-state index in [1.165, 1.54) is 0 Å². The molecule has 10 heteroatoms. The summed E-state index contributed by atoms with van der Waals surface area (Å²) in [5, 5.41) is 5.53. The minimum atomic E-state index is -0.258. The van der Waals surface area contributed by atoms with Crippen molar-refractivity contribution >= 4 is 33.5 Å². The molecule has 0 unspecified atom stereocenters. The van der Waals surface area contributed by atoms with Crippen LogP contribution in [0.2, 0.25) is 5.15 Å². The zero-order valence-corrected chi connectivity index (χ0v) is 16.3. The van der Waals surface area contributed by atoms with Crippen LogP contribution >= 0.6 is 11.6 Å². The van der Waals surface area contributed by atoms with Gasteiger partial charge >= 0.3 is 0 Å². The predicted octanol–water partition coefficient (Wildman–Crippen LogP) is 3.16. The van der Waals surface area contributed by atoms with Gasteiger partial charge in [0.05, 0.1) is 52.4 Å². The van der Waals surface area contributed by atoms with Gasteiger partial charge in [-0.15, -0.1) is 0 Å². The van der Waals surface area contributed by atoms with E-state index < -0.39 is 0 Å². The van der Waals surface area contributed by atoms with E-state index in [1.54, 1.807) is 36.8 Å². The van der Waals surface area contributed by atoms with Crippen LogP contribution in [0.3, 0.4) is 0 Å². The highest BCUT2D eigenvalue weighted by molar-refractivity contribution is 6.29. The molecule has 0 saturated carbocycles. The Labute approximate surface area is 173 Å². The van der Waals surface area contributed by atoms with E-state index in [4.69, 9.17) is 16.3 Å². The second-order valence-electron chi connectivity index (χ2n) is 7.03. The number of pyridine rings is 3. The van der Waals surface area contributed by atoms with Gasteiger partial charge in [0.1, 0.15) is 11.0 Å². The number of H-pyrrole nitrogens is 2. The van der Waals surface area contributed by atoms with Gasteiger partial charge in [0, 0.05) is 30.6 Å². The van der Waals surface area contributed by atoms with Crippen LogP contribution in [-0.2, 0) is 6.54 Å². The molecule has 9 nitrogen and oxygen atoms in total. The fourth-order valence-corrected chi connectivity index (χ4v) is 3.91. The fourth-order valence-electron chi connectivity index (χ4n) is 3.76. The minimum absolute atomic E-state index is 0.258. The number of fused-ring (bicyclic) bond motifs is 3. The molecule has 2 N–H and O–H groups in total. The van der Waals surface area contributed by atoms with Crippen molar-refractivity contribution in [2.75, 3.05) is 6.61 Å². The maximum Gasteiger partial charge on any atom is 0.259 e. The molecule has 6 rings (SSSR count). The Hall–Kier alpha value is -3.72. The molecule has 6 heterocycles. The van der Waals surface area contributed by atoms with Crippen LogP contribution in [0.4, 0.5) is 0 Å². The number of aryl methyl sites for hydroxylation is 1. The third-order valence-corrected chi connectivity index (χ3v) is 5.37. The number of imidazole rings is 1. The van der Waals surface area contributed by atoms with Crippen LogP contribution in [0.5, 0.6) is 5.88 Å². The molecule has 30 heavy (non-hydrogen) atoms. The lowest BCUT2D eigenvalue weighted by atomic mass is 10.1. The highest BCUT2D eigenvalue weighted by atomic mass is 35.5. The van der Waals surface area contributed by atoms with E-state index in [0.29, 0.717) is 51.3 Å². The number of hydrogen-bond donors (Lipinski definition) is 2. The van der Waals surface area contributed by atoms with E-state index >= 15 is 0 Å². The minimum Gasteiger partial charge on any atom is -0.477 e. The molecular formula is C20H14ClN7O2. The molecule has 0 aromatic carbocycles. The van der Waals surface area contributed by atoms with E-state index in [2.05, 4.69) is 30.0 Å². The fraction of sp³-hybridized carbons (Fsp3) is 0.150. The summed E-state index contributed by atoms with van der Waals surface area (Å²) >= 11 is 5.96. The zero-order chi connectivity index (χ0) is 20.2. The van der Waals surface area contributed by atoms with Crippen LogP contribution in [-0.4, -0.2) is 41.3 Å². The molecule has 148 valence electrons. The first-order valence-corrected chi connectivity index (χ1v) is 9.78. The molecule has 0 saturated heterocycles. The second kappa shape index (κ2) is 6.39. The molecule has 5 aromatic heterocycles. The van der Waals surface area contributed by atoms with Gasteiger partial charge < -0.3 is 14.7 Å². The standard InChI is InChI=1S/C20H14ClN7O2/c21-16-7-14-15(9-23-16)26-18(25-14)11-6-10-13(27-19(11)29)2-3-22-17(10)12-8-24-28-4-1-5-30-20(12)28/h2-3,6-9H,1,4-5H2,(H,25,26)(H,27,29). The van der Waals surface area contributed by atoms with Crippen LogP contribution in [0.1, 0.15) is 6.42 Å². The number of rotatable bonds is 2. The number of nitrogens with zero attached hydrogens (tertiary/aromatic N) is 5. The van der Waals surface area contributed by atoms with Crippen molar-refractivity contribution in [3.8, 4) is 28.5 Å². The van der Waals surface area contributed by atoms with E-state index in [1.807, 2.05) is 4.68 Å². The van der Waals surface area contributed by atoms with Crippen LogP contribution in [0, 0.1) is 0 Å². The Morgan fingerprint density at radius 2 is 2.03 bits per heavy atom. The zero-order valence-electron chi connectivity index (χ0n) is 15.5. The Morgan fingerprint density at radius 1 is 1.10 bits per heavy atom. The van der Waals surface area contributed by atoms with Crippen molar-refractivity contribution in [1.29, 1.82) is 0 Å². The Bertz CT molecular complexity index is 1500. The van der Waals surface area contributed by atoms with Gasteiger partial charge in [-0.05, 0) is 12.1 Å². The predicted molar refractivity (Wildman–Crippen MR) is 112 cm³/mol. The molecule has 0 amide bonds. The van der Waals surface area contributed by atoms with Gasteiger partial charge in [0.15, 0.2) is 0 Å². The Kier molecular flexibility index (Phi) is 3.66. The average Bonchev–Trinajstić information content (AvgIpc) is 3.36. The smallest absolute Gasteiger partial charge is 0.259 e. The van der Waals surface area contributed by atoms with Crippen molar-refractivity contribution in [2.24, 2.45) is 0 Å². The van der Waals surface area contributed by atoms with Crippen molar-refractivity contribution in [1.82, 2.24) is 34.7 Å². The van der Waals surface area contributed by atoms with Crippen LogP contribution in [0.25, 0.3) is 44.6 Å². The van der Waals surface area contributed by atoms with Gasteiger partial charge in [-0.3, -0.25) is 9.78 Å². The number of ether oxygens (including phenoxy) is 1. The van der Waals surface area contributed by atoms with Gasteiger partial charge in [-0.25, -0.2) is 14.6 Å². The Balaban J connectivity index is 1.58. The van der Waals surface area contributed by atoms with E-state index in [-0.39, 0.29) is 5.56 Å². The van der Waals surface area contributed by atoms with Crippen molar-refractivity contribution in [3.63, 3.8) is 0 Å².